The van der Waals surface area contributed by atoms with Gasteiger partial charge in [-0.15, -0.1) is 11.3 Å². The number of nitrogens with zero attached hydrogens (tertiary/aromatic N) is 4. The summed E-state index contributed by atoms with van der Waals surface area (Å²) >= 11 is 1.33. The molecule has 0 spiro atoms. The minimum absolute atomic E-state index is 0.0717. The molecule has 2 aromatic heterocycles. The lowest BCUT2D eigenvalue weighted by Crippen LogP contribution is -2.18. The maximum atomic E-state index is 13.8. The largest absolute Gasteiger partial charge is 0.382 e. The van der Waals surface area contributed by atoms with E-state index in [4.69, 9.17) is 5.73 Å². The quantitative estimate of drug-likeness (QED) is 0.575. The average molecular weight is 357 g/mol. The van der Waals surface area contributed by atoms with Crippen LogP contribution in [0.1, 0.15) is 16.3 Å². The Morgan fingerprint density at radius 1 is 1.12 bits per heavy atom. The van der Waals surface area contributed by atoms with Crippen molar-refractivity contribution in [1.82, 2.24) is 9.97 Å². The Morgan fingerprint density at radius 3 is 2.64 bits per heavy atom. The topological polar surface area (TPSA) is 76.5 Å². The average Bonchev–Trinajstić information content (AvgIpc) is 3.15. The van der Waals surface area contributed by atoms with Crippen LogP contribution in [0.3, 0.4) is 0 Å². The van der Waals surface area contributed by atoms with Gasteiger partial charge in [0.25, 0.3) is 0 Å². The van der Waals surface area contributed by atoms with Crippen LogP contribution < -0.4 is 5.73 Å². The highest BCUT2D eigenvalue weighted by Crippen LogP contribution is 2.12. The number of aliphatic imine (C=N–C) groups is 2. The van der Waals surface area contributed by atoms with Crippen molar-refractivity contribution in [3.8, 4) is 0 Å². The van der Waals surface area contributed by atoms with Crippen molar-refractivity contribution in [2.24, 2.45) is 15.7 Å². The van der Waals surface area contributed by atoms with Gasteiger partial charge in [-0.25, -0.2) is 23.7 Å². The van der Waals surface area contributed by atoms with E-state index < -0.39 is 5.82 Å². The van der Waals surface area contributed by atoms with Crippen molar-refractivity contribution in [3.05, 3.63) is 82.1 Å². The van der Waals surface area contributed by atoms with Gasteiger partial charge in [0.1, 0.15) is 17.3 Å². The third kappa shape index (κ3) is 4.30. The lowest BCUT2D eigenvalue weighted by atomic mass is 10.2. The Morgan fingerprint density at radius 2 is 1.96 bits per heavy atom. The zero-order valence-electron chi connectivity index (χ0n) is 12.9. The summed E-state index contributed by atoms with van der Waals surface area (Å²) in [5.41, 5.74) is 6.69. The van der Waals surface area contributed by atoms with Gasteiger partial charge >= 0.3 is 0 Å². The van der Waals surface area contributed by atoms with E-state index in [0.717, 1.165) is 6.20 Å². The maximum absolute atomic E-state index is 13.8. The van der Waals surface area contributed by atoms with Crippen LogP contribution in [-0.4, -0.2) is 21.6 Å². The molecule has 0 atom stereocenters. The Bertz CT molecular complexity index is 905. The van der Waals surface area contributed by atoms with Gasteiger partial charge in [0.15, 0.2) is 16.7 Å². The Labute approximate surface area is 146 Å². The predicted octanol–water partition coefficient (Wildman–Crippen LogP) is 3.17. The van der Waals surface area contributed by atoms with Gasteiger partial charge in [0, 0.05) is 17.1 Å². The molecule has 3 rings (SSSR count). The molecule has 25 heavy (non-hydrogen) atoms. The summed E-state index contributed by atoms with van der Waals surface area (Å²) < 4.78 is 26.7. The third-order valence-corrected chi connectivity index (χ3v) is 3.97. The maximum Gasteiger partial charge on any atom is 0.186 e. The summed E-state index contributed by atoms with van der Waals surface area (Å²) in [6.45, 7) is 0.0925. The second-order valence-electron chi connectivity index (χ2n) is 4.93. The van der Waals surface area contributed by atoms with Crippen LogP contribution in [-0.2, 0) is 6.54 Å². The number of hydrogen-bond acceptors (Lipinski definition) is 4. The molecule has 2 N–H and O–H groups in total. The molecule has 2 heterocycles. The smallest absolute Gasteiger partial charge is 0.186 e. The normalized spacial score (nSPS) is 12.4. The zero-order valence-corrected chi connectivity index (χ0v) is 13.8. The van der Waals surface area contributed by atoms with Crippen LogP contribution in [0.2, 0.25) is 0 Å². The van der Waals surface area contributed by atoms with Crippen molar-refractivity contribution < 1.29 is 8.78 Å². The molecule has 0 fully saturated rings. The number of pyridine rings is 1. The van der Waals surface area contributed by atoms with Crippen LogP contribution in [0.5, 0.6) is 0 Å². The van der Waals surface area contributed by atoms with Crippen LogP contribution in [0.4, 0.5) is 8.78 Å². The second kappa shape index (κ2) is 7.71. The summed E-state index contributed by atoms with van der Waals surface area (Å²) in [6, 6.07) is 9.02. The van der Waals surface area contributed by atoms with Gasteiger partial charge in [-0.2, -0.15) is 0 Å². The third-order valence-electron chi connectivity index (χ3n) is 3.20. The molecule has 0 saturated heterocycles. The van der Waals surface area contributed by atoms with E-state index in [-0.39, 0.29) is 24.0 Å². The highest BCUT2D eigenvalue weighted by atomic mass is 32.1. The molecule has 0 radical (unpaired) electrons. The number of nitrogens with two attached hydrogens (primary N) is 1. The van der Waals surface area contributed by atoms with E-state index in [1.165, 1.54) is 29.5 Å². The Balaban J connectivity index is 1.93. The summed E-state index contributed by atoms with van der Waals surface area (Å²) in [4.78, 5) is 16.6. The van der Waals surface area contributed by atoms with Gasteiger partial charge in [0.2, 0.25) is 0 Å². The van der Waals surface area contributed by atoms with E-state index in [1.807, 2.05) is 0 Å². The van der Waals surface area contributed by atoms with Crippen molar-refractivity contribution in [2.45, 2.75) is 6.54 Å². The molecule has 5 nitrogen and oxygen atoms in total. The van der Waals surface area contributed by atoms with Gasteiger partial charge in [-0.1, -0.05) is 18.2 Å². The number of hydrogen-bond donors (Lipinski definition) is 1. The summed E-state index contributed by atoms with van der Waals surface area (Å²) in [7, 11) is 0. The van der Waals surface area contributed by atoms with Crippen LogP contribution in [0.15, 0.2) is 64.2 Å². The van der Waals surface area contributed by atoms with Crippen molar-refractivity contribution in [3.63, 3.8) is 0 Å². The van der Waals surface area contributed by atoms with Crippen molar-refractivity contribution in [2.75, 3.05) is 0 Å². The first-order valence-corrected chi connectivity index (χ1v) is 8.15. The van der Waals surface area contributed by atoms with Crippen molar-refractivity contribution >= 4 is 23.0 Å². The number of thiazole rings is 1. The Hall–Kier alpha value is -3.00. The minimum atomic E-state index is -0.468. The van der Waals surface area contributed by atoms with E-state index in [0.29, 0.717) is 16.3 Å². The van der Waals surface area contributed by atoms with E-state index in [1.54, 1.807) is 29.8 Å². The standard InChI is InChI=1S/C17H13F2N5S/c18-12-5-6-14(22-10-12)15(20)24-16(17-21-7-8-25-17)23-9-11-3-1-2-4-13(11)19/h1-8,10H,9H2,(H2,20,23,24). The molecule has 1 aromatic carbocycles. The summed E-state index contributed by atoms with van der Waals surface area (Å²) in [5.74, 6) is -0.476. The number of halogens is 2. The molecule has 0 unspecified atom stereocenters. The second-order valence-corrected chi connectivity index (χ2v) is 5.82. The molecule has 8 heteroatoms. The zero-order chi connectivity index (χ0) is 17.6. The van der Waals surface area contributed by atoms with Crippen LogP contribution in [0.25, 0.3) is 0 Å². The fraction of sp³-hybridized carbons (Fsp3) is 0.0588. The van der Waals surface area contributed by atoms with Gasteiger partial charge in [0.05, 0.1) is 12.7 Å². The van der Waals surface area contributed by atoms with E-state index in [2.05, 4.69) is 20.0 Å². The molecule has 0 aliphatic carbocycles. The monoisotopic (exact) mass is 357 g/mol. The van der Waals surface area contributed by atoms with E-state index >= 15 is 0 Å². The van der Waals surface area contributed by atoms with Gasteiger partial charge in [-0.3, -0.25) is 4.99 Å². The molecule has 126 valence electrons. The van der Waals surface area contributed by atoms with Gasteiger partial charge < -0.3 is 5.73 Å². The number of rotatable bonds is 4. The highest BCUT2D eigenvalue weighted by Gasteiger charge is 2.09. The SMILES string of the molecule is NC(=NC(=NCc1ccccc1F)c1nccs1)c1ccc(F)cn1. The predicted molar refractivity (Wildman–Crippen MR) is 93.7 cm³/mol. The molecule has 0 saturated carbocycles. The summed E-state index contributed by atoms with van der Waals surface area (Å²) in [6.07, 6.45) is 2.66. The first-order chi connectivity index (χ1) is 12.1. The van der Waals surface area contributed by atoms with E-state index in [9.17, 15) is 8.78 Å². The lowest BCUT2D eigenvalue weighted by molar-refractivity contribution is 0.611. The molecule has 0 aliphatic rings. The molecule has 0 amide bonds. The molecule has 0 bridgehead atoms. The minimum Gasteiger partial charge on any atom is -0.382 e. The lowest BCUT2D eigenvalue weighted by Gasteiger charge is -2.03. The van der Waals surface area contributed by atoms with Gasteiger partial charge in [-0.05, 0) is 18.2 Å². The Kier molecular flexibility index (Phi) is 5.20. The highest BCUT2D eigenvalue weighted by molar-refractivity contribution is 7.11. The van der Waals surface area contributed by atoms with Crippen LogP contribution in [0, 0.1) is 11.6 Å². The van der Waals surface area contributed by atoms with Crippen molar-refractivity contribution in [1.29, 1.82) is 0 Å². The molecule has 0 aliphatic heterocycles. The number of amidine groups is 2. The summed E-state index contributed by atoms with van der Waals surface area (Å²) in [5, 5.41) is 2.32. The fourth-order valence-electron chi connectivity index (χ4n) is 1.97. The molecule has 3 aromatic rings. The molecular formula is C17H13F2N5S. The first kappa shape index (κ1) is 16.8. The molecular weight excluding hydrogens is 344 g/mol. The first-order valence-electron chi connectivity index (χ1n) is 7.27. The fourth-order valence-corrected chi connectivity index (χ4v) is 2.56. The number of benzene rings is 1. The van der Waals surface area contributed by atoms with Crippen LogP contribution >= 0.6 is 11.3 Å². The number of aromatic nitrogens is 2.